The molecule has 1 N–H and O–H groups in total. The molecule has 6 nitrogen and oxygen atoms in total. The lowest BCUT2D eigenvalue weighted by Crippen LogP contribution is -2.46. The average molecular weight is 354 g/mol. The first-order valence-electron chi connectivity index (χ1n) is 9.02. The van der Waals surface area contributed by atoms with Crippen molar-refractivity contribution in [3.05, 3.63) is 48.3 Å². The predicted octanol–water partition coefficient (Wildman–Crippen LogP) is 3.85. The number of aromatic nitrogens is 2. The zero-order chi connectivity index (χ0) is 18.6. The number of rotatable bonds is 3. The minimum absolute atomic E-state index is 0.0832. The van der Waals surface area contributed by atoms with Crippen molar-refractivity contribution in [2.45, 2.75) is 45.1 Å². The fourth-order valence-electron chi connectivity index (χ4n) is 2.97. The molecule has 0 bridgehead atoms. The molecule has 1 aromatic carbocycles. The first-order chi connectivity index (χ1) is 12.4. The highest BCUT2D eigenvalue weighted by atomic mass is 16.5. The Balaban J connectivity index is 1.57. The van der Waals surface area contributed by atoms with Gasteiger partial charge in [0.1, 0.15) is 6.10 Å². The van der Waals surface area contributed by atoms with Gasteiger partial charge < -0.3 is 15.0 Å². The van der Waals surface area contributed by atoms with Crippen LogP contribution in [0.2, 0.25) is 0 Å². The topological polar surface area (TPSA) is 67.4 Å². The first kappa shape index (κ1) is 18.2. The summed E-state index contributed by atoms with van der Waals surface area (Å²) in [5.74, 6) is 0. The van der Waals surface area contributed by atoms with Gasteiger partial charge >= 0.3 is 12.0 Å². The minimum atomic E-state index is -0.101. The van der Waals surface area contributed by atoms with E-state index in [2.05, 4.69) is 48.2 Å². The molecule has 2 aromatic rings. The number of carbonyl (C=O) groups excluding carboxylic acids is 1. The van der Waals surface area contributed by atoms with E-state index in [0.717, 1.165) is 25.1 Å². The second kappa shape index (κ2) is 7.72. The Hall–Kier alpha value is -2.63. The second-order valence-electron chi connectivity index (χ2n) is 7.62. The van der Waals surface area contributed by atoms with E-state index in [-0.39, 0.29) is 17.6 Å². The summed E-state index contributed by atoms with van der Waals surface area (Å²) in [5.41, 5.74) is 2.14. The summed E-state index contributed by atoms with van der Waals surface area (Å²) >= 11 is 0. The molecule has 26 heavy (non-hydrogen) atoms. The quantitative estimate of drug-likeness (QED) is 0.909. The number of benzene rings is 1. The second-order valence-corrected chi connectivity index (χ2v) is 7.62. The number of nitrogens with zero attached hydrogens (tertiary/aromatic N) is 3. The molecule has 1 saturated heterocycles. The Kier molecular flexibility index (Phi) is 5.40. The lowest BCUT2D eigenvalue weighted by atomic mass is 9.87. The number of piperidine rings is 1. The predicted molar refractivity (Wildman–Crippen MR) is 101 cm³/mol. The largest absolute Gasteiger partial charge is 0.458 e. The van der Waals surface area contributed by atoms with E-state index < -0.39 is 0 Å². The van der Waals surface area contributed by atoms with Gasteiger partial charge in [0.25, 0.3) is 0 Å². The fourth-order valence-corrected chi connectivity index (χ4v) is 2.97. The van der Waals surface area contributed by atoms with Crippen LogP contribution in [0.25, 0.3) is 0 Å². The highest BCUT2D eigenvalue weighted by Gasteiger charge is 2.25. The summed E-state index contributed by atoms with van der Waals surface area (Å²) in [7, 11) is 0. The molecule has 1 aliphatic heterocycles. The van der Waals surface area contributed by atoms with Crippen molar-refractivity contribution in [2.75, 3.05) is 18.4 Å². The Morgan fingerprint density at radius 3 is 2.54 bits per heavy atom. The van der Waals surface area contributed by atoms with Crippen LogP contribution in [-0.2, 0) is 5.41 Å². The molecule has 1 atom stereocenters. The van der Waals surface area contributed by atoms with Crippen LogP contribution in [0, 0.1) is 0 Å². The third-order valence-corrected chi connectivity index (χ3v) is 4.48. The van der Waals surface area contributed by atoms with Gasteiger partial charge in [-0.05, 0) is 42.0 Å². The summed E-state index contributed by atoms with van der Waals surface area (Å²) in [6.07, 6.45) is 5.00. The lowest BCUT2D eigenvalue weighted by Gasteiger charge is -2.32. The maximum absolute atomic E-state index is 12.6. The lowest BCUT2D eigenvalue weighted by molar-refractivity contribution is 0.0983. The highest BCUT2D eigenvalue weighted by Crippen LogP contribution is 2.24. The van der Waals surface area contributed by atoms with E-state index >= 15 is 0 Å². The fraction of sp³-hybridized carbons (Fsp3) is 0.450. The number of likely N-dealkylation sites (tertiary alicyclic amines) is 1. The first-order valence-corrected chi connectivity index (χ1v) is 9.02. The van der Waals surface area contributed by atoms with E-state index in [1.54, 1.807) is 23.4 Å². The van der Waals surface area contributed by atoms with E-state index in [0.29, 0.717) is 12.6 Å². The molecule has 2 heterocycles. The summed E-state index contributed by atoms with van der Waals surface area (Å²) in [6.45, 7) is 7.77. The van der Waals surface area contributed by atoms with Crippen LogP contribution in [0.3, 0.4) is 0 Å². The number of nitrogens with one attached hydrogen (secondary N) is 1. The third-order valence-electron chi connectivity index (χ3n) is 4.48. The molecule has 138 valence electrons. The molecule has 1 aromatic heterocycles. The molecule has 3 rings (SSSR count). The SMILES string of the molecule is CC(C)(C)c1ccc(NC(=O)N2CCCC(Oc3ncccn3)C2)cc1. The van der Waals surface area contributed by atoms with Gasteiger partial charge in [0.05, 0.1) is 6.54 Å². The summed E-state index contributed by atoms with van der Waals surface area (Å²) in [6, 6.07) is 10.0. The number of anilines is 1. The van der Waals surface area contributed by atoms with Crippen molar-refractivity contribution in [3.8, 4) is 6.01 Å². The van der Waals surface area contributed by atoms with Gasteiger partial charge in [0, 0.05) is 24.6 Å². The van der Waals surface area contributed by atoms with Crippen molar-refractivity contribution in [3.63, 3.8) is 0 Å². The smallest absolute Gasteiger partial charge is 0.321 e. The summed E-state index contributed by atoms with van der Waals surface area (Å²) in [5, 5.41) is 2.97. The summed E-state index contributed by atoms with van der Waals surface area (Å²) < 4.78 is 5.80. The number of hydrogen-bond acceptors (Lipinski definition) is 4. The van der Waals surface area contributed by atoms with Crippen LogP contribution >= 0.6 is 0 Å². The highest BCUT2D eigenvalue weighted by molar-refractivity contribution is 5.89. The van der Waals surface area contributed by atoms with Gasteiger partial charge in [0.15, 0.2) is 0 Å². The van der Waals surface area contributed by atoms with Crippen molar-refractivity contribution in [1.29, 1.82) is 0 Å². The maximum Gasteiger partial charge on any atom is 0.321 e. The van der Waals surface area contributed by atoms with Gasteiger partial charge in [-0.15, -0.1) is 0 Å². The average Bonchev–Trinajstić information content (AvgIpc) is 2.62. The Bertz CT molecular complexity index is 726. The number of ether oxygens (including phenoxy) is 1. The van der Waals surface area contributed by atoms with Gasteiger partial charge in [0.2, 0.25) is 0 Å². The van der Waals surface area contributed by atoms with E-state index in [4.69, 9.17) is 4.74 Å². The standard InChI is InChI=1S/C20H26N4O2/c1-20(2,3)15-7-9-16(10-8-15)23-19(25)24-13-4-6-17(14-24)26-18-21-11-5-12-22-18/h5,7-12,17H,4,6,13-14H2,1-3H3,(H,23,25). The molecule has 0 aliphatic carbocycles. The monoisotopic (exact) mass is 354 g/mol. The minimum Gasteiger partial charge on any atom is -0.458 e. The zero-order valence-corrected chi connectivity index (χ0v) is 15.6. The van der Waals surface area contributed by atoms with E-state index in [1.807, 2.05) is 12.1 Å². The van der Waals surface area contributed by atoms with Crippen LogP contribution in [-0.4, -0.2) is 40.1 Å². The van der Waals surface area contributed by atoms with Crippen molar-refractivity contribution >= 4 is 11.7 Å². The molecule has 1 aliphatic rings. The number of carbonyl (C=O) groups is 1. The van der Waals surface area contributed by atoms with Crippen LogP contribution in [0.5, 0.6) is 6.01 Å². The molecule has 1 fully saturated rings. The Morgan fingerprint density at radius 2 is 1.88 bits per heavy atom. The number of amides is 2. The van der Waals surface area contributed by atoms with E-state index in [9.17, 15) is 4.79 Å². The number of urea groups is 1. The number of hydrogen-bond donors (Lipinski definition) is 1. The van der Waals surface area contributed by atoms with Gasteiger partial charge in [-0.1, -0.05) is 32.9 Å². The normalized spacial score (nSPS) is 17.7. The molecule has 0 radical (unpaired) electrons. The zero-order valence-electron chi connectivity index (χ0n) is 15.6. The van der Waals surface area contributed by atoms with Crippen LogP contribution in [0.15, 0.2) is 42.7 Å². The van der Waals surface area contributed by atoms with Crippen molar-refractivity contribution < 1.29 is 9.53 Å². The van der Waals surface area contributed by atoms with Crippen LogP contribution in [0.4, 0.5) is 10.5 Å². The van der Waals surface area contributed by atoms with Gasteiger partial charge in [-0.2, -0.15) is 0 Å². The Labute approximate surface area is 154 Å². The third kappa shape index (κ3) is 4.71. The van der Waals surface area contributed by atoms with E-state index in [1.165, 1.54) is 5.56 Å². The van der Waals surface area contributed by atoms with Gasteiger partial charge in [-0.25, -0.2) is 14.8 Å². The van der Waals surface area contributed by atoms with Crippen LogP contribution in [0.1, 0.15) is 39.2 Å². The molecular formula is C20H26N4O2. The maximum atomic E-state index is 12.6. The molecule has 0 saturated carbocycles. The Morgan fingerprint density at radius 1 is 1.19 bits per heavy atom. The van der Waals surface area contributed by atoms with Gasteiger partial charge in [-0.3, -0.25) is 0 Å². The summed E-state index contributed by atoms with van der Waals surface area (Å²) in [4.78, 5) is 22.5. The molecule has 1 unspecified atom stereocenters. The van der Waals surface area contributed by atoms with Crippen molar-refractivity contribution in [1.82, 2.24) is 14.9 Å². The van der Waals surface area contributed by atoms with Crippen molar-refractivity contribution in [2.24, 2.45) is 0 Å². The molecular weight excluding hydrogens is 328 g/mol. The molecule has 0 spiro atoms. The molecule has 2 amide bonds. The van der Waals surface area contributed by atoms with Crippen LogP contribution < -0.4 is 10.1 Å². The molecule has 6 heteroatoms.